The number of hydrogen-bond donors (Lipinski definition) is 1. The minimum Gasteiger partial charge on any atom is -0.497 e. The lowest BCUT2D eigenvalue weighted by atomic mass is 10.2. The average Bonchev–Trinajstić information content (AvgIpc) is 2.32. The van der Waals surface area contributed by atoms with Gasteiger partial charge in [0.15, 0.2) is 5.43 Å². The number of benzene rings is 1. The Kier molecular flexibility index (Phi) is 4.33. The lowest BCUT2D eigenvalue weighted by molar-refractivity contribution is -0.137. The molecule has 0 saturated heterocycles. The number of hydrogen-bond acceptors (Lipinski definition) is 3. The lowest BCUT2D eigenvalue weighted by Gasteiger charge is -2.08. The van der Waals surface area contributed by atoms with Gasteiger partial charge in [0.1, 0.15) is 12.3 Å². The first kappa shape index (κ1) is 14.1. The molecule has 0 aliphatic heterocycles. The number of aliphatic carboxylic acids is 1. The molecule has 18 heavy (non-hydrogen) atoms. The van der Waals surface area contributed by atoms with Gasteiger partial charge < -0.3 is 14.4 Å². The minimum atomic E-state index is -0.953. The maximum Gasteiger partial charge on any atom is 0.323 e. The van der Waals surface area contributed by atoms with Crippen molar-refractivity contribution in [2.45, 2.75) is 6.54 Å². The zero-order valence-corrected chi connectivity index (χ0v) is 10.4. The lowest BCUT2D eigenvalue weighted by Crippen LogP contribution is -2.13. The van der Waals surface area contributed by atoms with Crippen LogP contribution in [0.1, 0.15) is 0 Å². The summed E-state index contributed by atoms with van der Waals surface area (Å²) in [5, 5.41) is 9.22. The number of rotatable bonds is 3. The van der Waals surface area contributed by atoms with Crippen molar-refractivity contribution < 1.29 is 14.6 Å². The highest BCUT2D eigenvalue weighted by Gasteiger charge is 2.06. The highest BCUT2D eigenvalue weighted by Crippen LogP contribution is 2.17. The fourth-order valence-corrected chi connectivity index (χ4v) is 1.70. The van der Waals surface area contributed by atoms with Crippen LogP contribution in [0.4, 0.5) is 0 Å². The highest BCUT2D eigenvalue weighted by atomic mass is 35.5. The molecule has 1 aromatic heterocycles. The Hall–Kier alpha value is -2.01. The molecule has 2 aromatic rings. The third-order valence-electron chi connectivity index (χ3n) is 2.49. The van der Waals surface area contributed by atoms with E-state index in [0.717, 1.165) is 0 Å². The first-order valence-corrected chi connectivity index (χ1v) is 5.01. The van der Waals surface area contributed by atoms with E-state index in [1.165, 1.54) is 23.9 Å². The number of nitrogens with zero attached hydrogens (tertiary/aromatic N) is 1. The molecule has 0 aliphatic carbocycles. The van der Waals surface area contributed by atoms with Crippen LogP contribution in [-0.2, 0) is 11.3 Å². The second-order valence-corrected chi connectivity index (χ2v) is 3.58. The standard InChI is InChI=1S/C12H11NO4.ClH/c1-17-8-2-3-10-9(6-8)11(14)4-5-13(10)7-12(15)16;/h2-6H,7H2,1H3,(H,15,16);1H. The van der Waals surface area contributed by atoms with Crippen LogP contribution in [0.2, 0.25) is 0 Å². The predicted molar refractivity (Wildman–Crippen MR) is 69.6 cm³/mol. The number of aromatic nitrogens is 1. The van der Waals surface area contributed by atoms with Gasteiger partial charge in [-0.2, -0.15) is 0 Å². The molecule has 0 amide bonds. The number of carbonyl (C=O) groups is 1. The molecule has 1 aromatic carbocycles. The van der Waals surface area contributed by atoms with E-state index < -0.39 is 5.97 Å². The Morgan fingerprint density at radius 3 is 2.72 bits per heavy atom. The largest absolute Gasteiger partial charge is 0.497 e. The molecule has 0 atom stereocenters. The van der Waals surface area contributed by atoms with E-state index in [-0.39, 0.29) is 24.4 Å². The topological polar surface area (TPSA) is 68.5 Å². The molecule has 0 bridgehead atoms. The Balaban J connectivity index is 0.00000162. The zero-order chi connectivity index (χ0) is 12.4. The first-order chi connectivity index (χ1) is 8.11. The van der Waals surface area contributed by atoms with Gasteiger partial charge in [0, 0.05) is 17.6 Å². The molecule has 5 nitrogen and oxygen atoms in total. The Morgan fingerprint density at radius 1 is 1.39 bits per heavy atom. The molecule has 1 heterocycles. The van der Waals surface area contributed by atoms with Crippen molar-refractivity contribution in [1.29, 1.82) is 0 Å². The first-order valence-electron chi connectivity index (χ1n) is 5.01. The van der Waals surface area contributed by atoms with E-state index in [1.807, 2.05) is 0 Å². The monoisotopic (exact) mass is 269 g/mol. The molecule has 0 unspecified atom stereocenters. The fraction of sp³-hybridized carbons (Fsp3) is 0.167. The summed E-state index contributed by atoms with van der Waals surface area (Å²) in [6.45, 7) is -0.177. The molecule has 0 radical (unpaired) electrons. The molecule has 0 spiro atoms. The molecule has 6 heteroatoms. The maximum absolute atomic E-state index is 11.7. The summed E-state index contributed by atoms with van der Waals surface area (Å²) in [4.78, 5) is 22.4. The maximum atomic E-state index is 11.7. The molecular weight excluding hydrogens is 258 g/mol. The fourth-order valence-electron chi connectivity index (χ4n) is 1.70. The van der Waals surface area contributed by atoms with E-state index >= 15 is 0 Å². The molecule has 0 aliphatic rings. The Labute approximate surface area is 109 Å². The Bertz CT molecular complexity index is 636. The second kappa shape index (κ2) is 5.55. The zero-order valence-electron chi connectivity index (χ0n) is 9.62. The molecule has 0 fully saturated rings. The Morgan fingerprint density at radius 2 is 2.11 bits per heavy atom. The van der Waals surface area contributed by atoms with Crippen LogP contribution in [0.25, 0.3) is 10.9 Å². The smallest absolute Gasteiger partial charge is 0.323 e. The van der Waals surface area contributed by atoms with Crippen LogP contribution in [0.3, 0.4) is 0 Å². The van der Waals surface area contributed by atoms with Gasteiger partial charge in [-0.15, -0.1) is 12.4 Å². The van der Waals surface area contributed by atoms with Gasteiger partial charge in [0.2, 0.25) is 0 Å². The van der Waals surface area contributed by atoms with Crippen molar-refractivity contribution in [2.24, 2.45) is 0 Å². The number of ether oxygens (including phenoxy) is 1. The summed E-state index contributed by atoms with van der Waals surface area (Å²) in [5.41, 5.74) is 0.432. The van der Waals surface area contributed by atoms with E-state index in [1.54, 1.807) is 18.2 Å². The number of fused-ring (bicyclic) bond motifs is 1. The van der Waals surface area contributed by atoms with Crippen molar-refractivity contribution in [1.82, 2.24) is 4.57 Å². The summed E-state index contributed by atoms with van der Waals surface area (Å²) in [6.07, 6.45) is 1.48. The van der Waals surface area contributed by atoms with Crippen LogP contribution in [-0.4, -0.2) is 22.8 Å². The number of pyridine rings is 1. The molecule has 96 valence electrons. The van der Waals surface area contributed by atoms with Crippen LogP contribution >= 0.6 is 12.4 Å². The molecule has 2 rings (SSSR count). The molecule has 0 saturated carbocycles. The van der Waals surface area contributed by atoms with E-state index in [2.05, 4.69) is 0 Å². The van der Waals surface area contributed by atoms with E-state index in [0.29, 0.717) is 16.7 Å². The van der Waals surface area contributed by atoms with Crippen molar-refractivity contribution in [3.63, 3.8) is 0 Å². The third-order valence-corrected chi connectivity index (χ3v) is 2.49. The van der Waals surface area contributed by atoms with Gasteiger partial charge >= 0.3 is 5.97 Å². The van der Waals surface area contributed by atoms with Gasteiger partial charge in [-0.1, -0.05) is 0 Å². The van der Waals surface area contributed by atoms with Crippen LogP contribution in [0.15, 0.2) is 35.3 Å². The summed E-state index contributed by atoms with van der Waals surface area (Å²) in [6, 6.07) is 6.33. The van der Waals surface area contributed by atoms with Gasteiger partial charge in [-0.3, -0.25) is 9.59 Å². The summed E-state index contributed by atoms with van der Waals surface area (Å²) in [5.74, 6) is -0.381. The SMILES string of the molecule is COc1ccc2c(c1)c(=O)ccn2CC(=O)O.Cl. The number of methoxy groups -OCH3 is 1. The van der Waals surface area contributed by atoms with E-state index in [4.69, 9.17) is 9.84 Å². The van der Waals surface area contributed by atoms with Crippen molar-refractivity contribution >= 4 is 29.3 Å². The predicted octanol–water partition coefficient (Wildman–Crippen LogP) is 1.52. The van der Waals surface area contributed by atoms with Crippen LogP contribution < -0.4 is 10.2 Å². The van der Waals surface area contributed by atoms with Gasteiger partial charge in [0.25, 0.3) is 0 Å². The average molecular weight is 270 g/mol. The van der Waals surface area contributed by atoms with Crippen LogP contribution in [0.5, 0.6) is 5.75 Å². The minimum absolute atomic E-state index is 0. The van der Waals surface area contributed by atoms with Crippen molar-refractivity contribution in [2.75, 3.05) is 7.11 Å². The van der Waals surface area contributed by atoms with Gasteiger partial charge in [-0.05, 0) is 18.2 Å². The number of halogens is 1. The summed E-state index contributed by atoms with van der Waals surface area (Å²) in [7, 11) is 1.51. The van der Waals surface area contributed by atoms with E-state index in [9.17, 15) is 9.59 Å². The molecular formula is C12H12ClNO4. The molecule has 1 N–H and O–H groups in total. The number of carboxylic acids is 1. The third kappa shape index (κ3) is 2.62. The second-order valence-electron chi connectivity index (χ2n) is 3.58. The van der Waals surface area contributed by atoms with Crippen molar-refractivity contribution in [3.05, 3.63) is 40.7 Å². The van der Waals surface area contributed by atoms with Crippen LogP contribution in [0, 0.1) is 0 Å². The van der Waals surface area contributed by atoms with Gasteiger partial charge in [-0.25, -0.2) is 0 Å². The van der Waals surface area contributed by atoms with Crippen molar-refractivity contribution in [3.8, 4) is 5.75 Å². The highest BCUT2D eigenvalue weighted by molar-refractivity contribution is 5.85. The van der Waals surface area contributed by atoms with Gasteiger partial charge in [0.05, 0.1) is 12.6 Å². The quantitative estimate of drug-likeness (QED) is 0.917. The normalized spacial score (nSPS) is 9.83. The number of carboxylic acid groups (broad SMARTS) is 1. The summed E-state index contributed by atoms with van der Waals surface area (Å²) >= 11 is 0. The summed E-state index contributed by atoms with van der Waals surface area (Å²) < 4.78 is 6.55.